The Hall–Kier alpha value is -1.19. The summed E-state index contributed by atoms with van der Waals surface area (Å²) in [5, 5.41) is 4.08. The SMILES string of the molecule is O=C(C=Cc1ccsc1)N1CCN(S(=O)(=O)c2ccc(Br)cc2Cl)CC1. The second kappa shape index (κ2) is 8.22. The molecule has 5 nitrogen and oxygen atoms in total. The summed E-state index contributed by atoms with van der Waals surface area (Å²) in [6.07, 6.45) is 3.29. The van der Waals surface area contributed by atoms with E-state index in [-0.39, 0.29) is 28.9 Å². The number of halogens is 2. The molecule has 0 N–H and O–H groups in total. The van der Waals surface area contributed by atoms with Gasteiger partial charge in [-0.1, -0.05) is 27.5 Å². The smallest absolute Gasteiger partial charge is 0.246 e. The van der Waals surface area contributed by atoms with E-state index in [4.69, 9.17) is 11.6 Å². The van der Waals surface area contributed by atoms with Crippen molar-refractivity contribution in [3.8, 4) is 0 Å². The van der Waals surface area contributed by atoms with Crippen LogP contribution in [0.15, 0.2) is 50.5 Å². The lowest BCUT2D eigenvalue weighted by molar-refractivity contribution is -0.127. The van der Waals surface area contributed by atoms with Crippen molar-refractivity contribution >= 4 is 60.9 Å². The molecule has 1 amide bonds. The van der Waals surface area contributed by atoms with Crippen LogP contribution in [0, 0.1) is 0 Å². The third kappa shape index (κ3) is 4.37. The lowest BCUT2D eigenvalue weighted by Gasteiger charge is -2.33. The maximum atomic E-state index is 12.8. The number of hydrogen-bond donors (Lipinski definition) is 0. The summed E-state index contributed by atoms with van der Waals surface area (Å²) in [4.78, 5) is 14.0. The third-order valence-corrected chi connectivity index (χ3v) is 7.60. The standard InChI is InChI=1S/C17H16BrClN2O3S2/c18-14-2-3-16(15(19)11-14)26(23,24)21-8-6-20(7-9-21)17(22)4-1-13-5-10-25-12-13/h1-5,10-12H,6-9H2. The Labute approximate surface area is 170 Å². The first-order valence-electron chi connectivity index (χ1n) is 7.82. The quantitative estimate of drug-likeness (QED) is 0.634. The molecule has 1 aliphatic rings. The summed E-state index contributed by atoms with van der Waals surface area (Å²) < 4.78 is 27.7. The van der Waals surface area contributed by atoms with Crippen LogP contribution >= 0.6 is 38.9 Å². The minimum absolute atomic E-state index is 0.0829. The number of nitrogens with zero attached hydrogens (tertiary/aromatic N) is 2. The Bertz CT molecular complexity index is 921. The zero-order chi connectivity index (χ0) is 18.7. The van der Waals surface area contributed by atoms with E-state index in [9.17, 15) is 13.2 Å². The van der Waals surface area contributed by atoms with Crippen molar-refractivity contribution in [2.24, 2.45) is 0 Å². The van der Waals surface area contributed by atoms with Gasteiger partial charge in [0.25, 0.3) is 0 Å². The van der Waals surface area contributed by atoms with Crippen molar-refractivity contribution < 1.29 is 13.2 Å². The summed E-state index contributed by atoms with van der Waals surface area (Å²) in [6, 6.07) is 6.63. The van der Waals surface area contributed by atoms with Gasteiger partial charge in [-0.05, 0) is 46.7 Å². The molecule has 2 heterocycles. The fourth-order valence-corrected chi connectivity index (χ4v) is 5.68. The van der Waals surface area contributed by atoms with Crippen LogP contribution in [0.3, 0.4) is 0 Å². The maximum Gasteiger partial charge on any atom is 0.246 e. The first kappa shape index (κ1) is 19.6. The number of hydrogen-bond acceptors (Lipinski definition) is 4. The monoisotopic (exact) mass is 474 g/mol. The van der Waals surface area contributed by atoms with Gasteiger partial charge in [-0.25, -0.2) is 8.42 Å². The number of sulfonamides is 1. The molecular formula is C17H16BrClN2O3S2. The third-order valence-electron chi connectivity index (χ3n) is 4.02. The second-order valence-corrected chi connectivity index (χ2v) is 9.70. The molecule has 0 bridgehead atoms. The lowest BCUT2D eigenvalue weighted by Crippen LogP contribution is -2.50. The van der Waals surface area contributed by atoms with Gasteiger partial charge in [-0.2, -0.15) is 15.6 Å². The molecule has 3 rings (SSSR count). The Kier molecular flexibility index (Phi) is 6.19. The van der Waals surface area contributed by atoms with Gasteiger partial charge in [0.1, 0.15) is 4.90 Å². The molecule has 0 unspecified atom stereocenters. The van der Waals surface area contributed by atoms with Crippen molar-refractivity contribution in [3.63, 3.8) is 0 Å². The summed E-state index contributed by atoms with van der Waals surface area (Å²) in [6.45, 7) is 1.18. The highest BCUT2D eigenvalue weighted by atomic mass is 79.9. The number of amides is 1. The van der Waals surface area contributed by atoms with Gasteiger partial charge in [0, 0.05) is 36.7 Å². The molecule has 0 aliphatic carbocycles. The number of carbonyl (C=O) groups is 1. The largest absolute Gasteiger partial charge is 0.337 e. The molecule has 0 saturated carbocycles. The molecule has 0 radical (unpaired) electrons. The van der Waals surface area contributed by atoms with Crippen LogP contribution in [0.1, 0.15) is 5.56 Å². The van der Waals surface area contributed by atoms with Gasteiger partial charge in [0.2, 0.25) is 15.9 Å². The molecule has 1 aromatic heterocycles. The van der Waals surface area contributed by atoms with E-state index in [2.05, 4.69) is 15.9 Å². The van der Waals surface area contributed by atoms with Crippen LogP contribution in [-0.2, 0) is 14.8 Å². The van der Waals surface area contributed by atoms with Crippen LogP contribution < -0.4 is 0 Å². The lowest BCUT2D eigenvalue weighted by atomic mass is 10.3. The van der Waals surface area contributed by atoms with Gasteiger partial charge in [-0.15, -0.1) is 0 Å². The minimum Gasteiger partial charge on any atom is -0.337 e. The molecule has 138 valence electrons. The van der Waals surface area contributed by atoms with Gasteiger partial charge >= 0.3 is 0 Å². The van der Waals surface area contributed by atoms with Gasteiger partial charge in [0.05, 0.1) is 5.02 Å². The summed E-state index contributed by atoms with van der Waals surface area (Å²) in [5.41, 5.74) is 0.981. The summed E-state index contributed by atoms with van der Waals surface area (Å²) in [5.74, 6) is -0.116. The number of carbonyl (C=O) groups excluding carboxylic acids is 1. The number of piperazine rings is 1. The zero-order valence-electron chi connectivity index (χ0n) is 13.6. The normalized spacial score (nSPS) is 16.3. The fraction of sp³-hybridized carbons (Fsp3) is 0.235. The molecule has 1 saturated heterocycles. The average molecular weight is 476 g/mol. The molecule has 0 atom stereocenters. The molecule has 9 heteroatoms. The van der Waals surface area contributed by atoms with E-state index in [1.807, 2.05) is 16.8 Å². The van der Waals surface area contributed by atoms with Crippen molar-refractivity contribution in [1.82, 2.24) is 9.21 Å². The number of rotatable bonds is 4. The van der Waals surface area contributed by atoms with Gasteiger partial charge in [-0.3, -0.25) is 4.79 Å². The molecule has 2 aromatic rings. The van der Waals surface area contributed by atoms with E-state index in [1.54, 1.807) is 34.4 Å². The second-order valence-electron chi connectivity index (χ2n) is 5.69. The van der Waals surface area contributed by atoms with Crippen molar-refractivity contribution in [2.75, 3.05) is 26.2 Å². The van der Waals surface area contributed by atoms with Crippen LogP contribution in [0.2, 0.25) is 5.02 Å². The van der Waals surface area contributed by atoms with E-state index in [0.29, 0.717) is 17.6 Å². The van der Waals surface area contributed by atoms with Crippen LogP contribution in [-0.4, -0.2) is 49.7 Å². The first-order chi connectivity index (χ1) is 12.4. The number of thiophene rings is 1. The molecular weight excluding hydrogens is 460 g/mol. The van der Waals surface area contributed by atoms with Crippen molar-refractivity contribution in [3.05, 3.63) is 56.2 Å². The highest BCUT2D eigenvalue weighted by Gasteiger charge is 2.31. The Morgan fingerprint density at radius 2 is 1.92 bits per heavy atom. The molecule has 0 spiro atoms. The topological polar surface area (TPSA) is 57.7 Å². The fourth-order valence-electron chi connectivity index (χ4n) is 2.62. The Balaban J connectivity index is 1.65. The summed E-state index contributed by atoms with van der Waals surface area (Å²) >= 11 is 10.9. The average Bonchev–Trinajstić information content (AvgIpc) is 3.13. The van der Waals surface area contributed by atoms with E-state index in [1.165, 1.54) is 16.4 Å². The first-order valence-corrected chi connectivity index (χ1v) is 11.4. The van der Waals surface area contributed by atoms with Crippen LogP contribution in [0.25, 0.3) is 6.08 Å². The summed E-state index contributed by atoms with van der Waals surface area (Å²) in [7, 11) is -3.68. The number of benzene rings is 1. The Morgan fingerprint density at radius 1 is 1.19 bits per heavy atom. The Morgan fingerprint density at radius 3 is 2.54 bits per heavy atom. The molecule has 1 fully saturated rings. The van der Waals surface area contributed by atoms with Crippen molar-refractivity contribution in [1.29, 1.82) is 0 Å². The maximum absolute atomic E-state index is 12.8. The highest BCUT2D eigenvalue weighted by Crippen LogP contribution is 2.28. The van der Waals surface area contributed by atoms with Crippen molar-refractivity contribution in [2.45, 2.75) is 4.90 Å². The van der Waals surface area contributed by atoms with Crippen LogP contribution in [0.5, 0.6) is 0 Å². The zero-order valence-corrected chi connectivity index (χ0v) is 17.6. The van der Waals surface area contributed by atoms with Gasteiger partial charge in [0.15, 0.2) is 0 Å². The van der Waals surface area contributed by atoms with Gasteiger partial charge < -0.3 is 4.90 Å². The van der Waals surface area contributed by atoms with E-state index in [0.717, 1.165) is 5.56 Å². The predicted octanol–water partition coefficient (Wildman–Crippen LogP) is 3.71. The van der Waals surface area contributed by atoms with E-state index >= 15 is 0 Å². The minimum atomic E-state index is -3.68. The predicted molar refractivity (Wildman–Crippen MR) is 108 cm³/mol. The van der Waals surface area contributed by atoms with Crippen LogP contribution in [0.4, 0.5) is 0 Å². The molecule has 1 aliphatic heterocycles. The van der Waals surface area contributed by atoms with E-state index < -0.39 is 10.0 Å². The molecule has 26 heavy (non-hydrogen) atoms. The highest BCUT2D eigenvalue weighted by molar-refractivity contribution is 9.10. The molecule has 1 aromatic carbocycles.